The minimum absolute atomic E-state index is 0.0155. The second-order valence-corrected chi connectivity index (χ2v) is 8.35. The molecule has 0 aliphatic carbocycles. The molecule has 0 unspecified atom stereocenters. The van der Waals surface area contributed by atoms with Crippen LogP contribution in [0.1, 0.15) is 18.0 Å². The van der Waals surface area contributed by atoms with Gasteiger partial charge in [-0.05, 0) is 36.2 Å². The third kappa shape index (κ3) is 2.72. The van der Waals surface area contributed by atoms with Crippen molar-refractivity contribution >= 4 is 39.1 Å². The van der Waals surface area contributed by atoms with Crippen LogP contribution in [0.15, 0.2) is 53.0 Å². The number of hydrazine groups is 1. The number of imide groups is 1. The highest BCUT2D eigenvalue weighted by Gasteiger charge is 2.62. The smallest absolute Gasteiger partial charge is 0.269 e. The molecule has 2 amide bonds. The van der Waals surface area contributed by atoms with Crippen LogP contribution in [0.4, 0.5) is 11.4 Å². The molecule has 29 heavy (non-hydrogen) atoms. The van der Waals surface area contributed by atoms with Crippen LogP contribution in [0.2, 0.25) is 0 Å². The van der Waals surface area contributed by atoms with Crippen LogP contribution in [0, 0.1) is 16.0 Å². The molecule has 8 nitrogen and oxygen atoms in total. The third-order valence-electron chi connectivity index (χ3n) is 5.91. The van der Waals surface area contributed by atoms with Crippen LogP contribution in [0.3, 0.4) is 0 Å². The number of nitro benzene ring substituents is 1. The molecule has 5 rings (SSSR count). The van der Waals surface area contributed by atoms with Crippen molar-refractivity contribution in [3.05, 3.63) is 68.7 Å². The first-order valence-corrected chi connectivity index (χ1v) is 10.2. The van der Waals surface area contributed by atoms with E-state index in [1.807, 2.05) is 10.0 Å². The first-order chi connectivity index (χ1) is 14.0. The number of halogens is 1. The second kappa shape index (κ2) is 6.72. The van der Waals surface area contributed by atoms with Crippen LogP contribution < -0.4 is 4.90 Å². The zero-order chi connectivity index (χ0) is 20.3. The average molecular weight is 457 g/mol. The highest BCUT2D eigenvalue weighted by molar-refractivity contribution is 9.10. The average Bonchev–Trinajstić information content (AvgIpc) is 3.35. The van der Waals surface area contributed by atoms with Gasteiger partial charge >= 0.3 is 0 Å². The third-order valence-corrected chi connectivity index (χ3v) is 6.44. The Morgan fingerprint density at radius 2 is 1.66 bits per heavy atom. The molecule has 0 aromatic heterocycles. The number of carbonyl (C=O) groups excluding carboxylic acids is 2. The van der Waals surface area contributed by atoms with Gasteiger partial charge in [0.1, 0.15) is 6.04 Å². The largest absolute Gasteiger partial charge is 0.274 e. The molecule has 2 aromatic rings. The van der Waals surface area contributed by atoms with Crippen molar-refractivity contribution in [1.82, 2.24) is 10.0 Å². The number of benzene rings is 2. The molecule has 3 heterocycles. The number of amides is 2. The SMILES string of the molecule is O=C1[C@H]2[C@@H](c3cccc([N+](=O)[O-])c3)N3CCCN3[C@H]2C(=O)N1c1ccc(Br)cc1. The maximum Gasteiger partial charge on any atom is 0.269 e. The quantitative estimate of drug-likeness (QED) is 0.400. The maximum absolute atomic E-state index is 13.4. The fourth-order valence-corrected chi connectivity index (χ4v) is 5.04. The van der Waals surface area contributed by atoms with Crippen molar-refractivity contribution in [3.63, 3.8) is 0 Å². The standard InChI is InChI=1S/C20H17BrN4O4/c21-13-5-7-14(8-6-13)24-19(26)16-17(12-3-1-4-15(11-12)25(28)29)22-9-2-10-23(22)18(16)20(24)27/h1,3-8,11,16-18H,2,9-10H2/t16-,17+,18+/m0/s1. The number of non-ortho nitro benzene ring substituents is 1. The summed E-state index contributed by atoms with van der Waals surface area (Å²) in [6.07, 6.45) is 0.883. The topological polar surface area (TPSA) is 87.0 Å². The monoisotopic (exact) mass is 456 g/mol. The van der Waals surface area contributed by atoms with Gasteiger partial charge in [-0.2, -0.15) is 0 Å². The van der Waals surface area contributed by atoms with E-state index in [9.17, 15) is 19.7 Å². The molecule has 148 valence electrons. The Balaban J connectivity index is 1.58. The summed E-state index contributed by atoms with van der Waals surface area (Å²) < 4.78 is 0.862. The van der Waals surface area contributed by atoms with E-state index in [4.69, 9.17) is 0 Å². The van der Waals surface area contributed by atoms with Gasteiger partial charge in [0.2, 0.25) is 5.91 Å². The van der Waals surface area contributed by atoms with Crippen molar-refractivity contribution in [2.75, 3.05) is 18.0 Å². The summed E-state index contributed by atoms with van der Waals surface area (Å²) in [5.41, 5.74) is 1.22. The van der Waals surface area contributed by atoms with Crippen LogP contribution in [-0.2, 0) is 9.59 Å². The van der Waals surface area contributed by atoms with E-state index in [-0.39, 0.29) is 23.5 Å². The molecule has 2 aromatic carbocycles. The zero-order valence-corrected chi connectivity index (χ0v) is 16.9. The number of anilines is 1. The highest BCUT2D eigenvalue weighted by Crippen LogP contribution is 2.49. The number of nitro groups is 1. The van der Waals surface area contributed by atoms with E-state index in [0.29, 0.717) is 17.8 Å². The summed E-state index contributed by atoms with van der Waals surface area (Å²) in [5.74, 6) is -1.08. The minimum Gasteiger partial charge on any atom is -0.274 e. The fraction of sp³-hybridized carbons (Fsp3) is 0.300. The summed E-state index contributed by atoms with van der Waals surface area (Å²) in [7, 11) is 0. The summed E-state index contributed by atoms with van der Waals surface area (Å²) in [5, 5.41) is 15.3. The van der Waals surface area contributed by atoms with Crippen molar-refractivity contribution < 1.29 is 14.5 Å². The summed E-state index contributed by atoms with van der Waals surface area (Å²) in [6.45, 7) is 1.42. The molecule has 3 atom stereocenters. The van der Waals surface area contributed by atoms with E-state index in [0.717, 1.165) is 17.4 Å². The Labute approximate surface area is 174 Å². The summed E-state index contributed by atoms with van der Waals surface area (Å²) >= 11 is 3.37. The van der Waals surface area contributed by atoms with E-state index in [1.165, 1.54) is 17.0 Å². The Kier molecular flexibility index (Phi) is 4.27. The molecule has 0 radical (unpaired) electrons. The van der Waals surface area contributed by atoms with Crippen molar-refractivity contribution in [2.24, 2.45) is 5.92 Å². The Bertz CT molecular complexity index is 1030. The van der Waals surface area contributed by atoms with Gasteiger partial charge in [0.25, 0.3) is 11.6 Å². The van der Waals surface area contributed by atoms with Crippen LogP contribution in [-0.4, -0.2) is 45.9 Å². The molecular weight excluding hydrogens is 440 g/mol. The van der Waals surface area contributed by atoms with Gasteiger partial charge in [-0.15, -0.1) is 0 Å². The molecule has 0 spiro atoms. The predicted octanol–water partition coefficient (Wildman–Crippen LogP) is 2.89. The number of nitrogens with zero attached hydrogens (tertiary/aromatic N) is 4. The van der Waals surface area contributed by atoms with E-state index < -0.39 is 16.9 Å². The molecule has 3 aliphatic rings. The molecule has 0 saturated carbocycles. The van der Waals surface area contributed by atoms with Crippen LogP contribution in [0.25, 0.3) is 0 Å². The van der Waals surface area contributed by atoms with Gasteiger partial charge in [0.15, 0.2) is 0 Å². The van der Waals surface area contributed by atoms with E-state index >= 15 is 0 Å². The number of hydrogen-bond acceptors (Lipinski definition) is 6. The highest BCUT2D eigenvalue weighted by atomic mass is 79.9. The summed E-state index contributed by atoms with van der Waals surface area (Å²) in [6, 6.07) is 12.5. The van der Waals surface area contributed by atoms with Gasteiger partial charge in [-0.25, -0.2) is 14.9 Å². The van der Waals surface area contributed by atoms with Crippen LogP contribution >= 0.6 is 15.9 Å². The predicted molar refractivity (Wildman–Crippen MR) is 108 cm³/mol. The van der Waals surface area contributed by atoms with Gasteiger partial charge in [-0.1, -0.05) is 28.1 Å². The summed E-state index contributed by atoms with van der Waals surface area (Å²) in [4.78, 5) is 38.8. The van der Waals surface area contributed by atoms with Gasteiger partial charge in [-0.3, -0.25) is 19.7 Å². The lowest BCUT2D eigenvalue weighted by Gasteiger charge is -2.29. The molecule has 9 heteroatoms. The molecule has 3 saturated heterocycles. The van der Waals surface area contributed by atoms with Crippen molar-refractivity contribution in [1.29, 1.82) is 0 Å². The Morgan fingerprint density at radius 3 is 2.34 bits per heavy atom. The first kappa shape index (κ1) is 18.4. The Morgan fingerprint density at radius 1 is 0.966 bits per heavy atom. The number of hydrogen-bond donors (Lipinski definition) is 0. The van der Waals surface area contributed by atoms with E-state index in [2.05, 4.69) is 15.9 Å². The van der Waals surface area contributed by atoms with Gasteiger partial charge < -0.3 is 0 Å². The lowest BCUT2D eigenvalue weighted by Crippen LogP contribution is -2.44. The fourth-order valence-electron chi connectivity index (χ4n) is 4.78. The lowest BCUT2D eigenvalue weighted by molar-refractivity contribution is -0.385. The van der Waals surface area contributed by atoms with Crippen molar-refractivity contribution in [2.45, 2.75) is 18.5 Å². The number of rotatable bonds is 3. The molecule has 3 fully saturated rings. The maximum atomic E-state index is 13.4. The van der Waals surface area contributed by atoms with Gasteiger partial charge in [0.05, 0.1) is 22.6 Å². The molecule has 0 N–H and O–H groups in total. The van der Waals surface area contributed by atoms with E-state index in [1.54, 1.807) is 36.4 Å². The molecule has 3 aliphatic heterocycles. The minimum atomic E-state index is -0.589. The molecular formula is C20H17BrN4O4. The van der Waals surface area contributed by atoms with Gasteiger partial charge in [0, 0.05) is 29.7 Å². The van der Waals surface area contributed by atoms with Crippen molar-refractivity contribution in [3.8, 4) is 0 Å². The number of carbonyl (C=O) groups is 2. The number of fused-ring (bicyclic) bond motifs is 3. The second-order valence-electron chi connectivity index (χ2n) is 7.44. The zero-order valence-electron chi connectivity index (χ0n) is 15.3. The Hall–Kier alpha value is -2.62. The molecule has 0 bridgehead atoms. The lowest BCUT2D eigenvalue weighted by atomic mass is 9.89. The van der Waals surface area contributed by atoms with Crippen LogP contribution in [0.5, 0.6) is 0 Å². The first-order valence-electron chi connectivity index (χ1n) is 9.38. The normalized spacial score (nSPS) is 26.8.